The molecule has 0 radical (unpaired) electrons. The van der Waals surface area contributed by atoms with Crippen LogP contribution in [0.1, 0.15) is 22.8 Å². The first-order chi connectivity index (χ1) is 7.76. The summed E-state index contributed by atoms with van der Waals surface area (Å²) in [5, 5.41) is 12.8. The van der Waals surface area contributed by atoms with E-state index in [9.17, 15) is 4.79 Å². The quantitative estimate of drug-likeness (QED) is 0.710. The third-order valence-corrected chi connectivity index (χ3v) is 2.15. The van der Waals surface area contributed by atoms with Gasteiger partial charge in [0.15, 0.2) is 0 Å². The number of hydrogen-bond acceptors (Lipinski definition) is 4. The van der Waals surface area contributed by atoms with Crippen LogP contribution >= 0.6 is 0 Å². The molecule has 0 fully saturated rings. The molecule has 5 heteroatoms. The molecule has 0 aliphatic heterocycles. The molecule has 0 amide bonds. The van der Waals surface area contributed by atoms with E-state index in [-0.39, 0.29) is 0 Å². The number of esters is 1. The van der Waals surface area contributed by atoms with E-state index in [0.717, 1.165) is 0 Å². The van der Waals surface area contributed by atoms with Gasteiger partial charge >= 0.3 is 5.97 Å². The highest BCUT2D eigenvalue weighted by atomic mass is 16.5. The summed E-state index contributed by atoms with van der Waals surface area (Å²) in [6.45, 7) is 2.05. The second-order valence-electron chi connectivity index (χ2n) is 3.14. The van der Waals surface area contributed by atoms with Crippen LogP contribution in [0.5, 0.6) is 0 Å². The maximum Gasteiger partial charge on any atom is 0.341 e. The Hall–Kier alpha value is -2.35. The predicted octanol–water partition coefficient (Wildman–Crippen LogP) is 1.38. The van der Waals surface area contributed by atoms with Crippen molar-refractivity contribution >= 4 is 11.5 Å². The minimum absolute atomic E-state index is 0.314. The molecule has 0 N–H and O–H groups in total. The predicted molar refractivity (Wildman–Crippen MR) is 55.9 cm³/mol. The lowest BCUT2D eigenvalue weighted by Gasteiger charge is -1.99. The van der Waals surface area contributed by atoms with E-state index < -0.39 is 5.97 Å². The fourth-order valence-corrected chi connectivity index (χ4v) is 1.42. The fourth-order valence-electron chi connectivity index (χ4n) is 1.42. The number of nitriles is 1. The molecule has 2 aromatic rings. The van der Waals surface area contributed by atoms with E-state index in [1.54, 1.807) is 25.3 Å². The molecule has 0 saturated carbocycles. The molecule has 0 unspecified atom stereocenters. The molecule has 16 heavy (non-hydrogen) atoms. The van der Waals surface area contributed by atoms with Crippen LogP contribution in [0.4, 0.5) is 0 Å². The third-order valence-electron chi connectivity index (χ3n) is 2.15. The highest BCUT2D eigenvalue weighted by Crippen LogP contribution is 2.13. The van der Waals surface area contributed by atoms with Gasteiger partial charge in [-0.1, -0.05) is 0 Å². The highest BCUT2D eigenvalue weighted by Gasteiger charge is 2.13. The summed E-state index contributed by atoms with van der Waals surface area (Å²) in [6.07, 6.45) is 3.07. The summed E-state index contributed by atoms with van der Waals surface area (Å²) < 4.78 is 6.43. The maximum absolute atomic E-state index is 11.6. The van der Waals surface area contributed by atoms with Gasteiger partial charge in [-0.15, -0.1) is 0 Å². The van der Waals surface area contributed by atoms with Crippen molar-refractivity contribution in [2.75, 3.05) is 6.61 Å². The van der Waals surface area contributed by atoms with E-state index in [4.69, 9.17) is 10.00 Å². The molecule has 0 bridgehead atoms. The first-order valence-electron chi connectivity index (χ1n) is 4.81. The van der Waals surface area contributed by atoms with Crippen LogP contribution in [0, 0.1) is 11.3 Å². The molecule has 0 aliphatic rings. The lowest BCUT2D eigenvalue weighted by Crippen LogP contribution is -2.04. The van der Waals surface area contributed by atoms with E-state index in [1.807, 2.05) is 6.07 Å². The number of hydrogen-bond donors (Lipinski definition) is 0. The van der Waals surface area contributed by atoms with Crippen LogP contribution in [0.25, 0.3) is 5.52 Å². The van der Waals surface area contributed by atoms with E-state index >= 15 is 0 Å². The number of ether oxygens (including phenoxy) is 1. The van der Waals surface area contributed by atoms with Crippen molar-refractivity contribution in [3.05, 3.63) is 35.7 Å². The van der Waals surface area contributed by atoms with Crippen LogP contribution in [0.2, 0.25) is 0 Å². The van der Waals surface area contributed by atoms with Gasteiger partial charge in [-0.05, 0) is 19.1 Å². The number of rotatable bonds is 2. The molecule has 2 aromatic heterocycles. The van der Waals surface area contributed by atoms with E-state index in [0.29, 0.717) is 23.3 Å². The topological polar surface area (TPSA) is 67.4 Å². The van der Waals surface area contributed by atoms with Crippen LogP contribution < -0.4 is 0 Å². The first-order valence-corrected chi connectivity index (χ1v) is 4.81. The smallest absolute Gasteiger partial charge is 0.341 e. The molecular formula is C11H9N3O2. The Morgan fingerprint density at radius 3 is 3.19 bits per heavy atom. The van der Waals surface area contributed by atoms with Crippen LogP contribution in [0.3, 0.4) is 0 Å². The normalized spacial score (nSPS) is 10.0. The summed E-state index contributed by atoms with van der Waals surface area (Å²) in [6, 6.07) is 5.26. The first kappa shape index (κ1) is 10.2. The van der Waals surface area contributed by atoms with Crippen molar-refractivity contribution in [3.8, 4) is 6.07 Å². The minimum Gasteiger partial charge on any atom is -0.462 e. The van der Waals surface area contributed by atoms with Crippen molar-refractivity contribution in [1.82, 2.24) is 9.61 Å². The summed E-state index contributed by atoms with van der Waals surface area (Å²) in [7, 11) is 0. The van der Waals surface area contributed by atoms with Gasteiger partial charge in [0.05, 0.1) is 30.0 Å². The number of nitrogens with zero attached hydrogens (tertiary/aromatic N) is 3. The molecule has 0 aliphatic carbocycles. The number of fused-ring (bicyclic) bond motifs is 1. The minimum atomic E-state index is -0.424. The second-order valence-corrected chi connectivity index (χ2v) is 3.14. The Kier molecular flexibility index (Phi) is 2.56. The zero-order valence-corrected chi connectivity index (χ0v) is 8.67. The lowest BCUT2D eigenvalue weighted by molar-refractivity contribution is 0.0528. The van der Waals surface area contributed by atoms with Gasteiger partial charge in [0, 0.05) is 6.20 Å². The van der Waals surface area contributed by atoms with Crippen molar-refractivity contribution in [2.24, 2.45) is 0 Å². The molecule has 2 rings (SSSR count). The number of carbonyl (C=O) groups excluding carboxylic acids is 1. The average molecular weight is 215 g/mol. The Labute approximate surface area is 91.9 Å². The van der Waals surface area contributed by atoms with E-state index in [2.05, 4.69) is 5.10 Å². The molecule has 0 saturated heterocycles. The van der Waals surface area contributed by atoms with Crippen LogP contribution in [-0.4, -0.2) is 22.2 Å². The van der Waals surface area contributed by atoms with Crippen molar-refractivity contribution in [3.63, 3.8) is 0 Å². The van der Waals surface area contributed by atoms with Gasteiger partial charge in [-0.2, -0.15) is 10.4 Å². The standard InChI is InChI=1S/C11H9N3O2/c1-2-16-11(15)9-7-13-14-4-3-8(6-12)5-10(9)14/h3-5,7H,2H2,1H3. The van der Waals surface area contributed by atoms with Gasteiger partial charge in [-0.3, -0.25) is 0 Å². The fraction of sp³-hybridized carbons (Fsp3) is 0.182. The average Bonchev–Trinajstić information content (AvgIpc) is 2.71. The zero-order valence-electron chi connectivity index (χ0n) is 8.67. The SMILES string of the molecule is CCOC(=O)c1cnn2ccc(C#N)cc12. The summed E-state index contributed by atoms with van der Waals surface area (Å²) in [4.78, 5) is 11.6. The molecule has 2 heterocycles. The Morgan fingerprint density at radius 1 is 1.69 bits per heavy atom. The van der Waals surface area contributed by atoms with Crippen LogP contribution in [-0.2, 0) is 4.74 Å². The zero-order chi connectivity index (χ0) is 11.5. The Morgan fingerprint density at radius 2 is 2.50 bits per heavy atom. The van der Waals surface area contributed by atoms with Gasteiger partial charge in [0.25, 0.3) is 0 Å². The van der Waals surface area contributed by atoms with Crippen LogP contribution in [0.15, 0.2) is 24.5 Å². The van der Waals surface area contributed by atoms with Crippen molar-refractivity contribution in [1.29, 1.82) is 5.26 Å². The number of aromatic nitrogens is 2. The van der Waals surface area contributed by atoms with Gasteiger partial charge < -0.3 is 4.74 Å². The maximum atomic E-state index is 11.6. The molecule has 80 valence electrons. The number of pyridine rings is 1. The van der Waals surface area contributed by atoms with Gasteiger partial charge in [-0.25, -0.2) is 9.31 Å². The largest absolute Gasteiger partial charge is 0.462 e. The Bertz CT molecular complexity index is 580. The van der Waals surface area contributed by atoms with Crippen molar-refractivity contribution < 1.29 is 9.53 Å². The molecule has 0 atom stereocenters. The monoisotopic (exact) mass is 215 g/mol. The molecule has 5 nitrogen and oxygen atoms in total. The molecular weight excluding hydrogens is 206 g/mol. The van der Waals surface area contributed by atoms with E-state index in [1.165, 1.54) is 10.7 Å². The van der Waals surface area contributed by atoms with Crippen molar-refractivity contribution in [2.45, 2.75) is 6.92 Å². The molecule has 0 spiro atoms. The summed E-state index contributed by atoms with van der Waals surface area (Å²) in [5.74, 6) is -0.424. The highest BCUT2D eigenvalue weighted by molar-refractivity contribution is 5.96. The molecule has 0 aromatic carbocycles. The lowest BCUT2D eigenvalue weighted by atomic mass is 10.2. The van der Waals surface area contributed by atoms with Gasteiger partial charge in [0.2, 0.25) is 0 Å². The number of carbonyl (C=O) groups is 1. The second kappa shape index (κ2) is 4.03. The summed E-state index contributed by atoms with van der Waals surface area (Å²) >= 11 is 0. The Balaban J connectivity index is 2.54. The van der Waals surface area contributed by atoms with Gasteiger partial charge in [0.1, 0.15) is 5.56 Å². The third kappa shape index (κ3) is 1.61. The summed E-state index contributed by atoms with van der Waals surface area (Å²) in [5.41, 5.74) is 1.44.